The van der Waals surface area contributed by atoms with Crippen molar-refractivity contribution in [3.8, 4) is 0 Å². The Morgan fingerprint density at radius 2 is 2.07 bits per heavy atom. The van der Waals surface area contributed by atoms with Crippen molar-refractivity contribution >= 4 is 10.3 Å². The largest absolute Gasteiger partial charge is 0.333 e. The van der Waals surface area contributed by atoms with Gasteiger partial charge in [-0.3, -0.25) is 8.86 Å². The fourth-order valence-electron chi connectivity index (χ4n) is 1.17. The molecular formula is C7H13N3O3S. The van der Waals surface area contributed by atoms with Gasteiger partial charge in [0.05, 0.1) is 12.3 Å². The molecule has 0 bridgehead atoms. The van der Waals surface area contributed by atoms with Crippen molar-refractivity contribution in [2.24, 2.45) is 12.2 Å². The minimum Gasteiger partial charge on any atom is -0.272 e. The van der Waals surface area contributed by atoms with E-state index >= 15 is 0 Å². The number of aryl methyl sites for hydroxylation is 2. The molecule has 0 aliphatic rings. The molecule has 0 saturated carbocycles. The van der Waals surface area contributed by atoms with Crippen LogP contribution in [0, 0.1) is 13.8 Å². The van der Waals surface area contributed by atoms with E-state index in [-0.39, 0.29) is 6.61 Å². The number of hydrogen-bond donors (Lipinski definition) is 1. The van der Waals surface area contributed by atoms with Gasteiger partial charge >= 0.3 is 10.3 Å². The van der Waals surface area contributed by atoms with Crippen LogP contribution in [0.2, 0.25) is 0 Å². The fourth-order valence-corrected chi connectivity index (χ4v) is 1.45. The van der Waals surface area contributed by atoms with E-state index in [1.807, 2.05) is 6.92 Å². The molecule has 0 radical (unpaired) electrons. The first kappa shape index (κ1) is 11.2. The second-order valence-corrected chi connectivity index (χ2v) is 4.25. The molecular weight excluding hydrogens is 206 g/mol. The van der Waals surface area contributed by atoms with Gasteiger partial charge in [-0.2, -0.15) is 13.5 Å². The maximum Gasteiger partial charge on any atom is 0.333 e. The Bertz CT molecular complexity index is 435. The molecule has 0 aliphatic carbocycles. The van der Waals surface area contributed by atoms with Gasteiger partial charge < -0.3 is 0 Å². The third-order valence-electron chi connectivity index (χ3n) is 2.03. The zero-order valence-corrected chi connectivity index (χ0v) is 9.13. The maximum absolute atomic E-state index is 10.6. The number of nitrogens with two attached hydrogens (primary N) is 1. The first-order chi connectivity index (χ1) is 6.31. The lowest BCUT2D eigenvalue weighted by molar-refractivity contribution is 0.307. The summed E-state index contributed by atoms with van der Waals surface area (Å²) in [4.78, 5) is 0. The molecule has 1 rings (SSSR count). The summed E-state index contributed by atoms with van der Waals surface area (Å²) in [7, 11) is -2.10. The maximum atomic E-state index is 10.6. The van der Waals surface area contributed by atoms with Crippen LogP contribution >= 0.6 is 0 Å². The average molecular weight is 219 g/mol. The van der Waals surface area contributed by atoms with Gasteiger partial charge in [-0.25, -0.2) is 5.14 Å². The predicted octanol–water partition coefficient (Wildman–Crippen LogP) is -0.243. The van der Waals surface area contributed by atoms with Crippen LogP contribution in [0.15, 0.2) is 0 Å². The van der Waals surface area contributed by atoms with Crippen molar-refractivity contribution in [1.29, 1.82) is 0 Å². The Morgan fingerprint density at radius 1 is 1.50 bits per heavy atom. The molecule has 0 atom stereocenters. The average Bonchev–Trinajstić information content (AvgIpc) is 2.23. The van der Waals surface area contributed by atoms with E-state index in [0.717, 1.165) is 17.0 Å². The standard InChI is InChI=1S/C7H13N3O3S/c1-5-7(4-13-14(8,11)12)6(2)10(3)9-5/h4H2,1-3H3,(H2,8,11,12). The van der Waals surface area contributed by atoms with Crippen LogP contribution in [0.4, 0.5) is 0 Å². The molecule has 1 heterocycles. The number of hydrogen-bond acceptors (Lipinski definition) is 4. The van der Waals surface area contributed by atoms with Gasteiger partial charge in [0.2, 0.25) is 0 Å². The summed E-state index contributed by atoms with van der Waals surface area (Å²) >= 11 is 0. The van der Waals surface area contributed by atoms with Crippen molar-refractivity contribution in [2.45, 2.75) is 20.5 Å². The first-order valence-corrected chi connectivity index (χ1v) is 5.44. The van der Waals surface area contributed by atoms with Crippen molar-refractivity contribution < 1.29 is 12.6 Å². The Labute approximate surface area is 82.9 Å². The Hall–Kier alpha value is -0.920. The van der Waals surface area contributed by atoms with Crippen LogP contribution in [0.25, 0.3) is 0 Å². The van der Waals surface area contributed by atoms with Crippen LogP contribution < -0.4 is 5.14 Å². The third kappa shape index (κ3) is 2.53. The monoisotopic (exact) mass is 219 g/mol. The van der Waals surface area contributed by atoms with E-state index < -0.39 is 10.3 Å². The molecule has 1 aromatic rings. The van der Waals surface area contributed by atoms with Crippen molar-refractivity contribution in [2.75, 3.05) is 0 Å². The SMILES string of the molecule is Cc1nn(C)c(C)c1COS(N)(=O)=O. The normalized spacial score (nSPS) is 12.0. The van der Waals surface area contributed by atoms with Crippen molar-refractivity contribution in [1.82, 2.24) is 9.78 Å². The summed E-state index contributed by atoms with van der Waals surface area (Å²) < 4.78 is 27.3. The van der Waals surface area contributed by atoms with Gasteiger partial charge in [-0.15, -0.1) is 0 Å². The molecule has 0 spiro atoms. The summed E-state index contributed by atoms with van der Waals surface area (Å²) in [6, 6.07) is 0. The van der Waals surface area contributed by atoms with E-state index in [4.69, 9.17) is 5.14 Å². The molecule has 6 nitrogen and oxygen atoms in total. The highest BCUT2D eigenvalue weighted by atomic mass is 32.2. The van der Waals surface area contributed by atoms with Crippen LogP contribution in [0.5, 0.6) is 0 Å². The minimum absolute atomic E-state index is 0.0651. The lowest BCUT2D eigenvalue weighted by Gasteiger charge is -2.01. The first-order valence-electron chi connectivity index (χ1n) is 3.97. The third-order valence-corrected chi connectivity index (χ3v) is 2.47. The molecule has 0 aromatic carbocycles. The fraction of sp³-hybridized carbons (Fsp3) is 0.571. The minimum atomic E-state index is -3.88. The molecule has 0 amide bonds. The molecule has 1 aromatic heterocycles. The number of nitrogens with zero attached hydrogens (tertiary/aromatic N) is 2. The molecule has 80 valence electrons. The van der Waals surface area contributed by atoms with Gasteiger partial charge in [-0.1, -0.05) is 0 Å². The lowest BCUT2D eigenvalue weighted by atomic mass is 10.2. The predicted molar refractivity (Wildman–Crippen MR) is 50.6 cm³/mol. The second kappa shape index (κ2) is 3.68. The lowest BCUT2D eigenvalue weighted by Crippen LogP contribution is -2.16. The summed E-state index contributed by atoms with van der Waals surface area (Å²) in [6.07, 6.45) is 0. The second-order valence-electron chi connectivity index (χ2n) is 3.03. The highest BCUT2D eigenvalue weighted by Gasteiger charge is 2.12. The van der Waals surface area contributed by atoms with Gasteiger partial charge in [0.1, 0.15) is 0 Å². The van der Waals surface area contributed by atoms with E-state index in [9.17, 15) is 8.42 Å². The number of rotatable bonds is 3. The molecule has 7 heteroatoms. The van der Waals surface area contributed by atoms with E-state index in [1.165, 1.54) is 0 Å². The van der Waals surface area contributed by atoms with Gasteiger partial charge in [-0.05, 0) is 13.8 Å². The summed E-state index contributed by atoms with van der Waals surface area (Å²) in [5.41, 5.74) is 2.36. The highest BCUT2D eigenvalue weighted by Crippen LogP contribution is 2.13. The van der Waals surface area contributed by atoms with Gasteiger partial charge in [0, 0.05) is 18.3 Å². The zero-order valence-electron chi connectivity index (χ0n) is 8.31. The van der Waals surface area contributed by atoms with Gasteiger partial charge in [0.25, 0.3) is 0 Å². The van der Waals surface area contributed by atoms with Crippen molar-refractivity contribution in [3.63, 3.8) is 0 Å². The van der Waals surface area contributed by atoms with Crippen LogP contribution in [-0.2, 0) is 28.1 Å². The molecule has 14 heavy (non-hydrogen) atoms. The van der Waals surface area contributed by atoms with Gasteiger partial charge in [0.15, 0.2) is 0 Å². The molecule has 2 N–H and O–H groups in total. The molecule has 0 aliphatic heterocycles. The quantitative estimate of drug-likeness (QED) is 0.759. The summed E-state index contributed by atoms with van der Waals surface area (Å²) in [6.45, 7) is 3.56. The number of aromatic nitrogens is 2. The smallest absolute Gasteiger partial charge is 0.272 e. The van der Waals surface area contributed by atoms with Crippen LogP contribution in [0.1, 0.15) is 17.0 Å². The van der Waals surface area contributed by atoms with E-state index in [2.05, 4.69) is 9.28 Å². The van der Waals surface area contributed by atoms with Crippen LogP contribution in [-0.4, -0.2) is 18.2 Å². The zero-order chi connectivity index (χ0) is 10.9. The summed E-state index contributed by atoms with van der Waals surface area (Å²) in [5.74, 6) is 0. The Balaban J connectivity index is 2.87. The molecule has 0 unspecified atom stereocenters. The van der Waals surface area contributed by atoms with Crippen LogP contribution in [0.3, 0.4) is 0 Å². The topological polar surface area (TPSA) is 87.2 Å². The van der Waals surface area contributed by atoms with E-state index in [1.54, 1.807) is 18.7 Å². The molecule has 0 saturated heterocycles. The Morgan fingerprint density at radius 3 is 2.43 bits per heavy atom. The highest BCUT2D eigenvalue weighted by molar-refractivity contribution is 7.84. The Kier molecular flexibility index (Phi) is 2.93. The van der Waals surface area contributed by atoms with E-state index in [0.29, 0.717) is 0 Å². The van der Waals surface area contributed by atoms with Crippen molar-refractivity contribution in [3.05, 3.63) is 17.0 Å². The molecule has 0 fully saturated rings. The summed E-state index contributed by atoms with van der Waals surface area (Å²) in [5, 5.41) is 8.83.